The molecule has 0 unspecified atom stereocenters. The smallest absolute Gasteiger partial charge is 0.119 e. The first-order valence-corrected chi connectivity index (χ1v) is 6.27. The molecular weight excluding hydrogens is 240 g/mol. The first kappa shape index (κ1) is 13.4. The van der Waals surface area contributed by atoms with Gasteiger partial charge >= 0.3 is 0 Å². The molecule has 0 radical (unpaired) electrons. The lowest BCUT2D eigenvalue weighted by Crippen LogP contribution is -2.01. The highest BCUT2D eigenvalue weighted by Gasteiger charge is 1.97. The molecule has 19 heavy (non-hydrogen) atoms. The number of ether oxygens (including phenoxy) is 2. The van der Waals surface area contributed by atoms with E-state index in [9.17, 15) is 0 Å². The molecule has 0 bridgehead atoms. The molecule has 100 valence electrons. The van der Waals surface area contributed by atoms with Crippen molar-refractivity contribution in [1.82, 2.24) is 0 Å². The van der Waals surface area contributed by atoms with Crippen molar-refractivity contribution in [3.05, 3.63) is 59.7 Å². The second-order valence-electron chi connectivity index (χ2n) is 4.25. The molecule has 0 aliphatic rings. The van der Waals surface area contributed by atoms with Gasteiger partial charge in [-0.2, -0.15) is 0 Å². The Balaban J connectivity index is 1.81. The Labute approximate surface area is 113 Å². The molecule has 0 saturated carbocycles. The molecule has 2 aromatic rings. The molecule has 0 atom stereocenters. The van der Waals surface area contributed by atoms with Crippen molar-refractivity contribution in [3.8, 4) is 11.5 Å². The van der Waals surface area contributed by atoms with Crippen molar-refractivity contribution in [3.63, 3.8) is 0 Å². The Bertz CT molecular complexity index is 441. The van der Waals surface area contributed by atoms with Gasteiger partial charge in [-0.15, -0.1) is 0 Å². The summed E-state index contributed by atoms with van der Waals surface area (Å²) in [5, 5.41) is 8.96. The van der Waals surface area contributed by atoms with Crippen LogP contribution in [-0.2, 0) is 13.0 Å². The van der Waals surface area contributed by atoms with Gasteiger partial charge in [0.15, 0.2) is 0 Å². The summed E-state index contributed by atoms with van der Waals surface area (Å²) in [5.74, 6) is 1.67. The zero-order valence-electron chi connectivity index (χ0n) is 11.0. The van der Waals surface area contributed by atoms with Gasteiger partial charge in [0, 0.05) is 6.42 Å². The summed E-state index contributed by atoms with van der Waals surface area (Å²) in [6.45, 7) is 0.716. The average molecular weight is 258 g/mol. The molecule has 0 heterocycles. The Kier molecular flexibility index (Phi) is 4.81. The molecule has 3 nitrogen and oxygen atoms in total. The number of aliphatic hydroxyl groups is 1. The largest absolute Gasteiger partial charge is 0.497 e. The predicted molar refractivity (Wildman–Crippen MR) is 74.6 cm³/mol. The number of aliphatic hydroxyl groups excluding tert-OH is 1. The molecule has 0 aromatic heterocycles. The maximum absolute atomic E-state index is 8.96. The molecule has 2 rings (SSSR count). The van der Waals surface area contributed by atoms with E-state index in [1.165, 1.54) is 5.56 Å². The second-order valence-corrected chi connectivity index (χ2v) is 4.25. The third kappa shape index (κ3) is 4.00. The van der Waals surface area contributed by atoms with Crippen LogP contribution in [0.15, 0.2) is 48.5 Å². The lowest BCUT2D eigenvalue weighted by Gasteiger charge is -2.07. The van der Waals surface area contributed by atoms with Gasteiger partial charge in [-0.3, -0.25) is 0 Å². The number of hydrogen-bond acceptors (Lipinski definition) is 3. The molecule has 2 aromatic carbocycles. The van der Waals surface area contributed by atoms with E-state index >= 15 is 0 Å². The van der Waals surface area contributed by atoms with Gasteiger partial charge in [0.25, 0.3) is 0 Å². The third-order valence-corrected chi connectivity index (χ3v) is 2.92. The fourth-order valence-electron chi connectivity index (χ4n) is 1.77. The van der Waals surface area contributed by atoms with Gasteiger partial charge < -0.3 is 14.6 Å². The molecule has 3 heteroatoms. The Morgan fingerprint density at radius 1 is 0.842 bits per heavy atom. The molecule has 0 spiro atoms. The van der Waals surface area contributed by atoms with E-state index in [0.717, 1.165) is 23.5 Å². The fourth-order valence-corrected chi connectivity index (χ4v) is 1.77. The van der Waals surface area contributed by atoms with Crippen molar-refractivity contribution in [2.24, 2.45) is 0 Å². The summed E-state index contributed by atoms with van der Waals surface area (Å²) < 4.78 is 10.7. The molecule has 0 aliphatic carbocycles. The van der Waals surface area contributed by atoms with Crippen molar-refractivity contribution >= 4 is 0 Å². The molecule has 0 saturated heterocycles. The van der Waals surface area contributed by atoms with E-state index in [1.807, 2.05) is 48.5 Å². The maximum Gasteiger partial charge on any atom is 0.119 e. The van der Waals surface area contributed by atoms with Crippen LogP contribution in [0.3, 0.4) is 0 Å². The minimum atomic E-state index is 0.0859. The monoisotopic (exact) mass is 258 g/mol. The molecule has 0 aliphatic heterocycles. The van der Waals surface area contributed by atoms with Crippen molar-refractivity contribution in [1.29, 1.82) is 0 Å². The summed E-state index contributed by atoms with van der Waals surface area (Å²) in [5.41, 5.74) is 2.13. The number of hydrogen-bond donors (Lipinski definition) is 1. The van der Waals surface area contributed by atoms with Crippen LogP contribution in [0.25, 0.3) is 0 Å². The van der Waals surface area contributed by atoms with Crippen molar-refractivity contribution in [2.75, 3.05) is 13.7 Å². The fraction of sp³-hybridized carbons (Fsp3) is 0.250. The van der Waals surface area contributed by atoms with Crippen LogP contribution in [0.4, 0.5) is 0 Å². The summed E-state index contributed by atoms with van der Waals surface area (Å²) in [4.78, 5) is 0. The van der Waals surface area contributed by atoms with Gasteiger partial charge in [-0.25, -0.2) is 0 Å². The number of methoxy groups -OCH3 is 1. The van der Waals surface area contributed by atoms with E-state index < -0.39 is 0 Å². The van der Waals surface area contributed by atoms with E-state index in [1.54, 1.807) is 7.11 Å². The van der Waals surface area contributed by atoms with Crippen LogP contribution < -0.4 is 9.47 Å². The van der Waals surface area contributed by atoms with Crippen molar-refractivity contribution < 1.29 is 14.6 Å². The van der Waals surface area contributed by atoms with Gasteiger partial charge in [-0.05, 0) is 35.4 Å². The third-order valence-electron chi connectivity index (χ3n) is 2.92. The summed E-state index contributed by atoms with van der Waals surface area (Å²) in [6.07, 6.45) is 0.845. The van der Waals surface area contributed by atoms with E-state index in [0.29, 0.717) is 6.61 Å². The highest BCUT2D eigenvalue weighted by atomic mass is 16.5. The van der Waals surface area contributed by atoms with E-state index in [-0.39, 0.29) is 6.61 Å². The van der Waals surface area contributed by atoms with Crippen LogP contribution in [0, 0.1) is 0 Å². The highest BCUT2D eigenvalue weighted by molar-refractivity contribution is 5.31. The highest BCUT2D eigenvalue weighted by Crippen LogP contribution is 2.17. The van der Waals surface area contributed by atoms with Crippen molar-refractivity contribution in [2.45, 2.75) is 13.0 Å². The molecular formula is C16H18O3. The second kappa shape index (κ2) is 6.81. The Morgan fingerprint density at radius 2 is 1.42 bits per heavy atom. The summed E-state index contributed by atoms with van der Waals surface area (Å²) in [7, 11) is 1.64. The number of rotatable bonds is 6. The standard InChI is InChI=1S/C16H18O3/c1-18-15-6-8-16(9-7-15)19-11-10-13-2-4-14(12-17)5-3-13/h2-9,17H,10-12H2,1H3. The topological polar surface area (TPSA) is 38.7 Å². The quantitative estimate of drug-likeness (QED) is 0.866. The van der Waals surface area contributed by atoms with Crippen LogP contribution in [0.2, 0.25) is 0 Å². The van der Waals surface area contributed by atoms with Crippen LogP contribution in [-0.4, -0.2) is 18.8 Å². The van der Waals surface area contributed by atoms with Crippen LogP contribution in [0.1, 0.15) is 11.1 Å². The maximum atomic E-state index is 8.96. The Hall–Kier alpha value is -2.00. The van der Waals surface area contributed by atoms with Gasteiger partial charge in [-0.1, -0.05) is 24.3 Å². The first-order chi connectivity index (χ1) is 9.31. The minimum Gasteiger partial charge on any atom is -0.497 e. The predicted octanol–water partition coefficient (Wildman–Crippen LogP) is 2.81. The normalized spacial score (nSPS) is 10.2. The zero-order valence-corrected chi connectivity index (χ0v) is 11.0. The first-order valence-electron chi connectivity index (χ1n) is 6.27. The SMILES string of the molecule is COc1ccc(OCCc2ccc(CO)cc2)cc1. The summed E-state index contributed by atoms with van der Waals surface area (Å²) >= 11 is 0. The minimum absolute atomic E-state index is 0.0859. The lowest BCUT2D eigenvalue weighted by atomic mass is 10.1. The molecule has 0 fully saturated rings. The summed E-state index contributed by atoms with van der Waals surface area (Å²) in [6, 6.07) is 15.5. The van der Waals surface area contributed by atoms with Gasteiger partial charge in [0.05, 0.1) is 20.3 Å². The van der Waals surface area contributed by atoms with E-state index in [4.69, 9.17) is 14.6 Å². The number of benzene rings is 2. The molecule has 1 N–H and O–H groups in total. The molecule has 0 amide bonds. The van der Waals surface area contributed by atoms with Crippen LogP contribution >= 0.6 is 0 Å². The van der Waals surface area contributed by atoms with Gasteiger partial charge in [0.2, 0.25) is 0 Å². The Morgan fingerprint density at radius 3 is 2.00 bits per heavy atom. The lowest BCUT2D eigenvalue weighted by molar-refractivity contribution is 0.282. The zero-order chi connectivity index (χ0) is 13.5. The average Bonchev–Trinajstić information content (AvgIpc) is 2.49. The van der Waals surface area contributed by atoms with Crippen LogP contribution in [0.5, 0.6) is 11.5 Å². The van der Waals surface area contributed by atoms with E-state index in [2.05, 4.69) is 0 Å². The van der Waals surface area contributed by atoms with Gasteiger partial charge in [0.1, 0.15) is 11.5 Å².